The zero-order chi connectivity index (χ0) is 28.3. The predicted molar refractivity (Wildman–Crippen MR) is 111 cm³/mol. The zero-order valence-electron chi connectivity index (χ0n) is 18.6. The summed E-state index contributed by atoms with van der Waals surface area (Å²) in [6.45, 7) is 1.61. The van der Waals surface area contributed by atoms with Crippen LogP contribution in [0.2, 0.25) is 0 Å². The molecule has 0 aromatic carbocycles. The van der Waals surface area contributed by atoms with E-state index in [9.17, 15) is 42.0 Å². The Morgan fingerprint density at radius 2 is 1.33 bits per heavy atom. The Labute approximate surface area is 208 Å². The van der Waals surface area contributed by atoms with Crippen molar-refractivity contribution in [1.29, 1.82) is 0 Å². The maximum absolute atomic E-state index is 14.2. The first-order chi connectivity index (χ1) is 16.2. The Morgan fingerprint density at radius 3 is 1.67 bits per heavy atom. The standard InChI is InChI=1S/C8H13BFO11P3.C8H10BFO2/c1-3-8(10)5(2)6(19-7(8)9)4-18-23(14,15)21-24(16,17)20-22(11,12)13;1-3-8(10)5(2)6(4-11)12-7(8)9/h1,5-7H,4H2,2H3,(H,14,15)(H,16,17)(H2,11,12,13);1,5-7,11H,4H2,2H3/p-4/t2*5-,6-,7-,8-/m11/s1. The highest BCUT2D eigenvalue weighted by molar-refractivity contribution is 7.64. The van der Waals surface area contributed by atoms with Gasteiger partial charge >= 0.3 is 0 Å². The van der Waals surface area contributed by atoms with Crippen molar-refractivity contribution in [3.05, 3.63) is 0 Å². The van der Waals surface area contributed by atoms with Crippen LogP contribution in [-0.4, -0.2) is 69.6 Å². The summed E-state index contributed by atoms with van der Waals surface area (Å²) >= 11 is 0. The molecule has 0 saturated carbocycles. The summed E-state index contributed by atoms with van der Waals surface area (Å²) in [6.07, 6.45) is 8.10. The van der Waals surface area contributed by atoms with E-state index in [1.807, 2.05) is 5.92 Å². The highest BCUT2D eigenvalue weighted by atomic mass is 31.3. The average molecular weight is 572 g/mol. The molecule has 13 nitrogen and oxygen atoms in total. The Hall–Kier alpha value is -0.600. The number of halogens is 2. The molecule has 0 aromatic heterocycles. The van der Waals surface area contributed by atoms with Gasteiger partial charge in [0, 0.05) is 11.8 Å². The van der Waals surface area contributed by atoms with E-state index >= 15 is 0 Å². The van der Waals surface area contributed by atoms with Crippen LogP contribution in [0.4, 0.5) is 8.78 Å². The average Bonchev–Trinajstić information content (AvgIpc) is 3.09. The molecule has 4 radical (unpaired) electrons. The lowest BCUT2D eigenvalue weighted by Crippen LogP contribution is -2.38. The third-order valence-electron chi connectivity index (χ3n) is 5.33. The van der Waals surface area contributed by atoms with Crippen LogP contribution in [0, 0.1) is 36.5 Å². The van der Waals surface area contributed by atoms with E-state index < -0.39 is 77.5 Å². The molecule has 2 aliphatic heterocycles. The van der Waals surface area contributed by atoms with E-state index in [-0.39, 0.29) is 6.61 Å². The summed E-state index contributed by atoms with van der Waals surface area (Å²) in [4.78, 5) is 42.6. The van der Waals surface area contributed by atoms with Gasteiger partial charge < -0.3 is 43.2 Å². The molecule has 20 heteroatoms. The normalized spacial score (nSPS) is 39.6. The molecule has 2 saturated heterocycles. The van der Waals surface area contributed by atoms with Crippen molar-refractivity contribution in [1.82, 2.24) is 0 Å². The quantitative estimate of drug-likeness (QED) is 0.182. The van der Waals surface area contributed by atoms with Crippen LogP contribution >= 0.6 is 23.5 Å². The van der Waals surface area contributed by atoms with E-state index in [0.29, 0.717) is 0 Å². The van der Waals surface area contributed by atoms with Crippen LogP contribution in [0.15, 0.2) is 0 Å². The van der Waals surface area contributed by atoms with Crippen LogP contribution in [0.25, 0.3) is 0 Å². The maximum Gasteiger partial charge on any atom is 0.278 e. The summed E-state index contributed by atoms with van der Waals surface area (Å²) < 4.78 is 80.6. The van der Waals surface area contributed by atoms with Crippen molar-refractivity contribution < 1.29 is 69.8 Å². The maximum atomic E-state index is 14.2. The third kappa shape index (κ3) is 8.20. The lowest BCUT2D eigenvalue weighted by molar-refractivity contribution is -0.339. The number of hydrogen-bond donors (Lipinski definition) is 1. The Balaban J connectivity index is 0.000000450. The Morgan fingerprint density at radius 1 is 0.917 bits per heavy atom. The molecule has 2 rings (SSSR count). The molecule has 2 heterocycles. The molecular weight excluding hydrogens is 553 g/mol. The van der Waals surface area contributed by atoms with Gasteiger partial charge in [-0.1, -0.05) is 25.7 Å². The van der Waals surface area contributed by atoms with Crippen LogP contribution < -0.4 is 19.6 Å². The molecule has 0 bridgehead atoms. The number of phosphoric acid groups is 3. The first-order valence-corrected chi connectivity index (χ1v) is 14.0. The topological polar surface area (TPSA) is 210 Å². The smallest absolute Gasteiger partial charge is 0.278 e. The van der Waals surface area contributed by atoms with Gasteiger partial charge in [-0.25, -0.2) is 13.1 Å². The number of rotatable bonds is 8. The van der Waals surface area contributed by atoms with Crippen molar-refractivity contribution in [2.45, 2.75) is 49.4 Å². The molecule has 2 aliphatic rings. The zero-order valence-corrected chi connectivity index (χ0v) is 21.3. The Kier molecular flexibility index (Phi) is 11.2. The van der Waals surface area contributed by atoms with Crippen molar-refractivity contribution in [2.75, 3.05) is 13.2 Å². The number of phosphoric ester groups is 1. The second kappa shape index (κ2) is 12.1. The van der Waals surface area contributed by atoms with Gasteiger partial charge in [-0.2, -0.15) is 0 Å². The highest BCUT2D eigenvalue weighted by Gasteiger charge is 2.52. The molecule has 10 atom stereocenters. The highest BCUT2D eigenvalue weighted by Crippen LogP contribution is 2.60. The third-order valence-corrected chi connectivity index (χ3v) is 9.00. The number of ether oxygens (including phenoxy) is 2. The fourth-order valence-electron chi connectivity index (χ4n) is 3.13. The monoisotopic (exact) mass is 572 g/mol. The molecule has 0 aliphatic carbocycles. The predicted octanol–water partition coefficient (Wildman–Crippen LogP) is -2.48. The number of aliphatic hydroxyl groups is 1. The summed E-state index contributed by atoms with van der Waals surface area (Å²) in [5, 5.41) is 8.77. The van der Waals surface area contributed by atoms with Gasteiger partial charge in [-0.05, 0) is 0 Å². The summed E-state index contributed by atoms with van der Waals surface area (Å²) in [6, 6.07) is -2.71. The van der Waals surface area contributed by atoms with E-state index in [1.54, 1.807) is 12.8 Å². The largest absolute Gasteiger partial charge is 0.790 e. The van der Waals surface area contributed by atoms with Crippen LogP contribution in [-0.2, 0) is 36.3 Å². The van der Waals surface area contributed by atoms with Gasteiger partial charge in [0.05, 0.1) is 45.3 Å². The summed E-state index contributed by atoms with van der Waals surface area (Å²) in [7, 11) is -7.19. The SMILES string of the molecule is [B][C@@H]1O[C@H](CO)[C@@H](C)[C@]1(F)C#C.[B][C@@H]1O[C@H](COP(=O)([O-])OP(=O)([O-])OP(=O)([O-])[O-])[C@@H](C)[C@]1(F)C#C. The minimum atomic E-state index is -6.08. The van der Waals surface area contributed by atoms with Crippen LogP contribution in [0.3, 0.4) is 0 Å². The van der Waals surface area contributed by atoms with Gasteiger partial charge in [0.1, 0.15) is 15.7 Å². The molecule has 2 fully saturated rings. The van der Waals surface area contributed by atoms with Gasteiger partial charge in [0.25, 0.3) is 15.6 Å². The number of terminal acetylenes is 2. The molecule has 0 spiro atoms. The van der Waals surface area contributed by atoms with Gasteiger partial charge in [-0.15, -0.1) is 12.8 Å². The van der Waals surface area contributed by atoms with Gasteiger partial charge in [0.15, 0.2) is 11.3 Å². The van der Waals surface area contributed by atoms with Crippen molar-refractivity contribution >= 4 is 39.2 Å². The minimum Gasteiger partial charge on any atom is -0.790 e. The second-order valence-corrected chi connectivity index (χ2v) is 11.8. The Bertz CT molecular complexity index is 1020. The number of aliphatic hydroxyl groups excluding tert-OH is 1. The first kappa shape index (κ1) is 33.4. The summed E-state index contributed by atoms with van der Waals surface area (Å²) in [5.74, 6) is 2.05. The molecule has 1 N–H and O–H groups in total. The molecule has 0 amide bonds. The van der Waals surface area contributed by atoms with E-state index in [0.717, 1.165) is 0 Å². The lowest BCUT2D eigenvalue weighted by atomic mass is 9.78. The first-order valence-electron chi connectivity index (χ1n) is 9.65. The molecule has 200 valence electrons. The lowest BCUT2D eigenvalue weighted by Gasteiger charge is -2.37. The van der Waals surface area contributed by atoms with Crippen LogP contribution in [0.5, 0.6) is 0 Å². The molecule has 2 unspecified atom stereocenters. The summed E-state index contributed by atoms with van der Waals surface area (Å²) in [5.41, 5.74) is -4.37. The van der Waals surface area contributed by atoms with E-state index in [2.05, 4.69) is 13.1 Å². The van der Waals surface area contributed by atoms with Gasteiger partial charge in [-0.3, -0.25) is 13.4 Å². The second-order valence-electron chi connectivity index (χ2n) is 7.58. The van der Waals surface area contributed by atoms with Crippen molar-refractivity contribution in [3.8, 4) is 24.7 Å². The van der Waals surface area contributed by atoms with E-state index in [4.69, 9.17) is 43.1 Å². The van der Waals surface area contributed by atoms with E-state index in [1.165, 1.54) is 6.92 Å². The minimum absolute atomic E-state index is 0.262. The molecule has 0 aromatic rings. The molecule has 36 heavy (non-hydrogen) atoms. The van der Waals surface area contributed by atoms with Crippen LogP contribution in [0.1, 0.15) is 13.8 Å². The number of alkyl halides is 2. The fraction of sp³-hybridized carbons (Fsp3) is 0.750. The molecular formula is C16H19B2F2O13P3-4. The van der Waals surface area contributed by atoms with Gasteiger partial charge in [0.2, 0.25) is 0 Å². The fourth-order valence-corrected chi connectivity index (χ4v) is 5.99. The van der Waals surface area contributed by atoms with Crippen molar-refractivity contribution in [2.24, 2.45) is 11.8 Å². The van der Waals surface area contributed by atoms with Crippen molar-refractivity contribution in [3.63, 3.8) is 0 Å². The number of hydrogen-bond acceptors (Lipinski definition) is 13.